The molecule has 1 heterocycles. The van der Waals surface area contributed by atoms with Gasteiger partial charge in [-0.3, -0.25) is 4.79 Å². The predicted octanol–water partition coefficient (Wildman–Crippen LogP) is 2.59. The van der Waals surface area contributed by atoms with E-state index >= 15 is 0 Å². The van der Waals surface area contributed by atoms with Crippen molar-refractivity contribution in [2.75, 3.05) is 18.8 Å². The van der Waals surface area contributed by atoms with Gasteiger partial charge in [0.25, 0.3) is 0 Å². The van der Waals surface area contributed by atoms with Crippen molar-refractivity contribution in [2.24, 2.45) is 5.92 Å². The number of sulfonamides is 1. The van der Waals surface area contributed by atoms with E-state index in [0.29, 0.717) is 32.5 Å². The van der Waals surface area contributed by atoms with Gasteiger partial charge in [-0.25, -0.2) is 13.1 Å². The Hall–Kier alpha value is -2.18. The highest BCUT2D eigenvalue weighted by Gasteiger charge is 2.30. The van der Waals surface area contributed by atoms with Gasteiger partial charge in [-0.15, -0.1) is 0 Å². The fourth-order valence-electron chi connectivity index (χ4n) is 3.38. The van der Waals surface area contributed by atoms with Crippen LogP contribution in [-0.2, 0) is 27.8 Å². The number of carbonyl (C=O) groups excluding carboxylic acids is 1. The Kier molecular flexibility index (Phi) is 6.63. The van der Waals surface area contributed by atoms with E-state index in [1.54, 1.807) is 0 Å². The van der Waals surface area contributed by atoms with Crippen LogP contribution in [-0.4, -0.2) is 38.1 Å². The van der Waals surface area contributed by atoms with Gasteiger partial charge in [0, 0.05) is 26.1 Å². The van der Waals surface area contributed by atoms with Crippen LogP contribution in [0.15, 0.2) is 60.7 Å². The topological polar surface area (TPSA) is 66.5 Å². The maximum atomic E-state index is 12.2. The molecule has 1 unspecified atom stereocenters. The van der Waals surface area contributed by atoms with Crippen molar-refractivity contribution in [1.82, 2.24) is 9.62 Å². The molecule has 0 aliphatic carbocycles. The molecule has 2 aromatic carbocycles. The first-order chi connectivity index (χ1) is 13.0. The lowest BCUT2D eigenvalue weighted by Gasteiger charge is -2.17. The molecule has 0 radical (unpaired) electrons. The second kappa shape index (κ2) is 9.15. The van der Waals surface area contributed by atoms with Crippen LogP contribution in [0.3, 0.4) is 0 Å². The fraction of sp³-hybridized carbons (Fsp3) is 0.381. The molecule has 27 heavy (non-hydrogen) atoms. The van der Waals surface area contributed by atoms with Gasteiger partial charge in [0.2, 0.25) is 15.9 Å². The minimum Gasteiger partial charge on any atom is -0.338 e. The van der Waals surface area contributed by atoms with Crippen molar-refractivity contribution in [3.63, 3.8) is 0 Å². The lowest BCUT2D eigenvalue weighted by atomic mass is 10.1. The number of rotatable bonds is 9. The van der Waals surface area contributed by atoms with E-state index in [1.807, 2.05) is 65.6 Å². The van der Waals surface area contributed by atoms with Crippen LogP contribution in [0.5, 0.6) is 0 Å². The number of benzene rings is 2. The van der Waals surface area contributed by atoms with Crippen LogP contribution in [0, 0.1) is 5.92 Å². The first-order valence-corrected chi connectivity index (χ1v) is 11.0. The fourth-order valence-corrected chi connectivity index (χ4v) is 4.53. The quantitative estimate of drug-likeness (QED) is 0.720. The van der Waals surface area contributed by atoms with Crippen molar-refractivity contribution in [3.8, 4) is 0 Å². The largest absolute Gasteiger partial charge is 0.338 e. The van der Waals surface area contributed by atoms with Gasteiger partial charge in [0.15, 0.2) is 0 Å². The second-order valence-corrected chi connectivity index (χ2v) is 9.01. The zero-order chi connectivity index (χ0) is 19.1. The number of carbonyl (C=O) groups is 1. The van der Waals surface area contributed by atoms with Gasteiger partial charge in [-0.05, 0) is 29.9 Å². The smallest absolute Gasteiger partial charge is 0.223 e. The summed E-state index contributed by atoms with van der Waals surface area (Å²) in [5, 5.41) is 0. The van der Waals surface area contributed by atoms with Gasteiger partial charge in [-0.1, -0.05) is 60.7 Å². The van der Waals surface area contributed by atoms with Crippen molar-refractivity contribution in [2.45, 2.75) is 25.8 Å². The minimum atomic E-state index is -3.31. The second-order valence-electron chi connectivity index (χ2n) is 7.09. The number of amides is 1. The molecule has 144 valence electrons. The van der Waals surface area contributed by atoms with Crippen LogP contribution in [0.2, 0.25) is 0 Å². The maximum Gasteiger partial charge on any atom is 0.223 e. The molecule has 0 saturated carbocycles. The van der Waals surface area contributed by atoms with Crippen molar-refractivity contribution < 1.29 is 13.2 Å². The van der Waals surface area contributed by atoms with Crippen LogP contribution < -0.4 is 4.72 Å². The Morgan fingerprint density at radius 3 is 2.26 bits per heavy atom. The molecule has 1 fully saturated rings. The molecule has 1 N–H and O–H groups in total. The number of nitrogens with zero attached hydrogens (tertiary/aromatic N) is 1. The number of hydrogen-bond acceptors (Lipinski definition) is 3. The summed E-state index contributed by atoms with van der Waals surface area (Å²) < 4.78 is 27.1. The van der Waals surface area contributed by atoms with E-state index in [0.717, 1.165) is 17.5 Å². The van der Waals surface area contributed by atoms with Gasteiger partial charge in [0.05, 0.1) is 5.75 Å². The number of hydrogen-bond donors (Lipinski definition) is 1. The molecule has 0 bridgehead atoms. The predicted molar refractivity (Wildman–Crippen MR) is 107 cm³/mol. The van der Waals surface area contributed by atoms with Crippen LogP contribution >= 0.6 is 0 Å². The summed E-state index contributed by atoms with van der Waals surface area (Å²) in [7, 11) is -3.31. The van der Waals surface area contributed by atoms with E-state index < -0.39 is 10.0 Å². The Morgan fingerprint density at radius 2 is 1.59 bits per heavy atom. The molecule has 1 atom stereocenters. The van der Waals surface area contributed by atoms with E-state index in [2.05, 4.69) is 4.72 Å². The molecule has 6 heteroatoms. The van der Waals surface area contributed by atoms with E-state index in [9.17, 15) is 13.2 Å². The van der Waals surface area contributed by atoms with Crippen LogP contribution in [0.25, 0.3) is 0 Å². The summed E-state index contributed by atoms with van der Waals surface area (Å²) in [6.07, 6.45) is 1.73. The third-order valence-corrected chi connectivity index (χ3v) is 6.26. The lowest BCUT2D eigenvalue weighted by Crippen LogP contribution is -2.32. The molecule has 2 aromatic rings. The zero-order valence-electron chi connectivity index (χ0n) is 15.4. The number of nitrogens with one attached hydrogen (secondary N) is 1. The minimum absolute atomic E-state index is 0.0325. The lowest BCUT2D eigenvalue weighted by molar-refractivity contribution is -0.128. The van der Waals surface area contributed by atoms with Crippen molar-refractivity contribution in [1.29, 1.82) is 0 Å². The summed E-state index contributed by atoms with van der Waals surface area (Å²) in [4.78, 5) is 14.0. The number of likely N-dealkylation sites (tertiary alicyclic amines) is 1. The van der Waals surface area contributed by atoms with Gasteiger partial charge in [0.1, 0.15) is 0 Å². The van der Waals surface area contributed by atoms with Gasteiger partial charge in [-0.2, -0.15) is 0 Å². The number of aryl methyl sites for hydroxylation is 1. The summed E-state index contributed by atoms with van der Waals surface area (Å²) >= 11 is 0. The summed E-state index contributed by atoms with van der Waals surface area (Å²) in [5.74, 6) is 0.230. The molecular weight excluding hydrogens is 360 g/mol. The maximum absolute atomic E-state index is 12.2. The average Bonchev–Trinajstić information content (AvgIpc) is 3.01. The van der Waals surface area contributed by atoms with Crippen LogP contribution in [0.4, 0.5) is 0 Å². The standard InChI is InChI=1S/C21H26N2O3S/c24-21-14-20(17-23(21)16-19-10-5-2-6-11-19)15-22-27(25,26)13-7-12-18-8-3-1-4-9-18/h1-6,8-11,20,22H,7,12-17H2. The SMILES string of the molecule is O=C1CC(CNS(=O)(=O)CCCc2ccccc2)CN1Cc1ccccc1. The third-order valence-electron chi connectivity index (χ3n) is 4.82. The molecule has 1 aliphatic heterocycles. The highest BCUT2D eigenvalue weighted by Crippen LogP contribution is 2.20. The molecule has 0 aromatic heterocycles. The Morgan fingerprint density at radius 1 is 0.963 bits per heavy atom. The van der Waals surface area contributed by atoms with Gasteiger partial charge < -0.3 is 4.90 Å². The van der Waals surface area contributed by atoms with E-state index in [4.69, 9.17) is 0 Å². The highest BCUT2D eigenvalue weighted by atomic mass is 32.2. The van der Waals surface area contributed by atoms with Crippen molar-refractivity contribution >= 4 is 15.9 Å². The zero-order valence-corrected chi connectivity index (χ0v) is 16.2. The normalized spacial score (nSPS) is 17.4. The Bertz CT molecular complexity index is 838. The highest BCUT2D eigenvalue weighted by molar-refractivity contribution is 7.89. The van der Waals surface area contributed by atoms with Gasteiger partial charge >= 0.3 is 0 Å². The summed E-state index contributed by atoms with van der Waals surface area (Å²) in [6.45, 7) is 1.50. The van der Waals surface area contributed by atoms with E-state index in [-0.39, 0.29) is 17.6 Å². The van der Waals surface area contributed by atoms with Crippen LogP contribution in [0.1, 0.15) is 24.0 Å². The summed E-state index contributed by atoms with van der Waals surface area (Å²) in [5.41, 5.74) is 2.23. The molecule has 1 amide bonds. The van der Waals surface area contributed by atoms with Crippen molar-refractivity contribution in [3.05, 3.63) is 71.8 Å². The molecule has 1 aliphatic rings. The monoisotopic (exact) mass is 386 g/mol. The Labute approximate surface area is 161 Å². The summed E-state index contributed by atoms with van der Waals surface area (Å²) in [6, 6.07) is 19.7. The third kappa shape index (κ3) is 6.19. The first kappa shape index (κ1) is 19.6. The molecule has 0 spiro atoms. The molecule has 3 rings (SSSR count). The van der Waals surface area contributed by atoms with E-state index in [1.165, 1.54) is 0 Å². The molecule has 5 nitrogen and oxygen atoms in total. The average molecular weight is 387 g/mol. The molecule has 1 saturated heterocycles. The first-order valence-electron chi connectivity index (χ1n) is 9.35. The molecular formula is C21H26N2O3S. The Balaban J connectivity index is 1.42.